The Morgan fingerprint density at radius 1 is 1.55 bits per heavy atom. The number of nitro benzene ring substituents is 1. The summed E-state index contributed by atoms with van der Waals surface area (Å²) in [6, 6.07) is 2.74. The second kappa shape index (κ2) is 6.53. The zero-order valence-electron chi connectivity index (χ0n) is 11.7. The van der Waals surface area contributed by atoms with Crippen LogP contribution < -0.4 is 0 Å². The van der Waals surface area contributed by atoms with E-state index in [1.807, 2.05) is 0 Å². The predicted octanol–water partition coefficient (Wildman–Crippen LogP) is 1.71. The number of likely N-dealkylation sites (N-methyl/N-ethyl adjacent to an activating group) is 1. The van der Waals surface area contributed by atoms with E-state index in [9.17, 15) is 29.5 Å². The van der Waals surface area contributed by atoms with Crippen LogP contribution in [0.3, 0.4) is 0 Å². The molecule has 0 aromatic heterocycles. The quantitative estimate of drug-likeness (QED) is 0.286. The van der Waals surface area contributed by atoms with Crippen LogP contribution in [0.2, 0.25) is 0 Å². The Bertz CT molecular complexity index is 708. The Hall–Kier alpha value is -3.15. The van der Waals surface area contributed by atoms with Gasteiger partial charge in [-0.05, 0) is 13.0 Å². The third-order valence-electron chi connectivity index (χ3n) is 2.90. The molecule has 0 saturated carbocycles. The fourth-order valence-corrected chi connectivity index (χ4v) is 1.54. The Balaban J connectivity index is 3.52. The second-order valence-corrected chi connectivity index (χ2v) is 4.24. The first-order valence-corrected chi connectivity index (χ1v) is 6.00. The summed E-state index contributed by atoms with van der Waals surface area (Å²) in [6.45, 7) is 1.89. The maximum absolute atomic E-state index is 13.5. The van der Waals surface area contributed by atoms with Crippen LogP contribution in [0, 0.1) is 27.3 Å². The highest BCUT2D eigenvalue weighted by atomic mass is 19.1. The molecular formula is C13H12FN3O5. The normalized spacial score (nSPS) is 11.4. The van der Waals surface area contributed by atoms with E-state index in [0.29, 0.717) is 12.1 Å². The van der Waals surface area contributed by atoms with Gasteiger partial charge in [-0.15, -0.1) is 0 Å². The summed E-state index contributed by atoms with van der Waals surface area (Å²) < 4.78 is 13.5. The van der Waals surface area contributed by atoms with E-state index in [0.717, 1.165) is 4.90 Å². The monoisotopic (exact) mass is 309 g/mol. The number of hydrogen-bond acceptors (Lipinski definition) is 6. The van der Waals surface area contributed by atoms with Crippen molar-refractivity contribution in [3.05, 3.63) is 39.2 Å². The van der Waals surface area contributed by atoms with Gasteiger partial charge in [0.25, 0.3) is 5.91 Å². The van der Waals surface area contributed by atoms with E-state index in [1.54, 1.807) is 6.92 Å². The molecule has 0 aliphatic carbocycles. The largest absolute Gasteiger partial charge is 0.506 e. The van der Waals surface area contributed by atoms with Crippen LogP contribution in [0.5, 0.6) is 5.75 Å². The summed E-state index contributed by atoms with van der Waals surface area (Å²) in [5.74, 6) is -4.28. The van der Waals surface area contributed by atoms with Crippen molar-refractivity contribution in [3.63, 3.8) is 0 Å². The minimum atomic E-state index is -1.36. The van der Waals surface area contributed by atoms with E-state index < -0.39 is 45.0 Å². The van der Waals surface area contributed by atoms with Crippen molar-refractivity contribution in [3.8, 4) is 11.8 Å². The topological polar surface area (TPSA) is 128 Å². The summed E-state index contributed by atoms with van der Waals surface area (Å²) in [5.41, 5.74) is -2.14. The molecule has 0 bridgehead atoms. The van der Waals surface area contributed by atoms with Gasteiger partial charge in [0.15, 0.2) is 11.4 Å². The Morgan fingerprint density at radius 3 is 2.59 bits per heavy atom. The van der Waals surface area contributed by atoms with Crippen LogP contribution in [0.25, 0.3) is 5.76 Å². The fraction of sp³-hybridized carbons (Fsp3) is 0.231. The number of aromatic hydroxyl groups is 1. The Kier molecular flexibility index (Phi) is 5.02. The smallest absolute Gasteiger partial charge is 0.314 e. The lowest BCUT2D eigenvalue weighted by molar-refractivity contribution is -0.386. The Morgan fingerprint density at radius 2 is 2.14 bits per heavy atom. The summed E-state index contributed by atoms with van der Waals surface area (Å²) in [7, 11) is 1.38. The third kappa shape index (κ3) is 3.12. The number of nitrogens with zero attached hydrogens (tertiary/aromatic N) is 3. The number of carbonyl (C=O) groups excluding carboxylic acids is 1. The van der Waals surface area contributed by atoms with E-state index in [1.165, 1.54) is 13.1 Å². The summed E-state index contributed by atoms with van der Waals surface area (Å²) >= 11 is 0. The molecule has 9 heteroatoms. The number of aliphatic hydroxyl groups is 1. The number of hydrogen-bond donors (Lipinski definition) is 2. The molecule has 22 heavy (non-hydrogen) atoms. The van der Waals surface area contributed by atoms with Crippen molar-refractivity contribution in [2.75, 3.05) is 13.6 Å². The molecule has 0 radical (unpaired) electrons. The molecule has 1 amide bonds. The molecule has 8 nitrogen and oxygen atoms in total. The van der Waals surface area contributed by atoms with Crippen molar-refractivity contribution in [2.45, 2.75) is 6.92 Å². The molecule has 0 aliphatic rings. The molecule has 1 aromatic rings. The highest BCUT2D eigenvalue weighted by Gasteiger charge is 2.24. The zero-order chi connectivity index (χ0) is 17.0. The van der Waals surface area contributed by atoms with Gasteiger partial charge < -0.3 is 15.1 Å². The molecule has 1 aromatic carbocycles. The number of phenolic OH excluding ortho intramolecular Hbond substituents is 1. The SMILES string of the molecule is CCN(C)C(=O)/C(C#N)=C(\O)c1cc(F)c(O)c([N+](=O)[O-])c1. The number of nitro groups is 1. The fourth-order valence-electron chi connectivity index (χ4n) is 1.54. The summed E-state index contributed by atoms with van der Waals surface area (Å²) in [6.07, 6.45) is 0. The van der Waals surface area contributed by atoms with Crippen LogP contribution in [-0.4, -0.2) is 39.5 Å². The molecule has 0 aliphatic heterocycles. The van der Waals surface area contributed by atoms with E-state index in [-0.39, 0.29) is 6.54 Å². The molecule has 1 rings (SSSR count). The number of nitriles is 1. The average Bonchev–Trinajstić information content (AvgIpc) is 2.48. The molecule has 0 unspecified atom stereocenters. The lowest BCUT2D eigenvalue weighted by Gasteiger charge is -2.14. The van der Waals surface area contributed by atoms with Crippen molar-refractivity contribution in [2.24, 2.45) is 0 Å². The number of phenols is 1. The van der Waals surface area contributed by atoms with Crippen molar-refractivity contribution >= 4 is 17.4 Å². The molecule has 2 N–H and O–H groups in total. The minimum absolute atomic E-state index is 0.251. The molecular weight excluding hydrogens is 297 g/mol. The molecule has 116 valence electrons. The van der Waals surface area contributed by atoms with Gasteiger partial charge in [0.05, 0.1) is 4.92 Å². The zero-order valence-corrected chi connectivity index (χ0v) is 11.7. The second-order valence-electron chi connectivity index (χ2n) is 4.24. The first-order valence-electron chi connectivity index (χ1n) is 6.00. The number of carbonyl (C=O) groups is 1. The highest BCUT2D eigenvalue weighted by Crippen LogP contribution is 2.32. The summed E-state index contributed by atoms with van der Waals surface area (Å²) in [4.78, 5) is 22.7. The van der Waals surface area contributed by atoms with Gasteiger partial charge >= 0.3 is 5.69 Å². The standard InChI is InChI=1S/C13H12FN3O5/c1-3-16(2)13(20)8(6-15)11(18)7-4-9(14)12(19)10(5-7)17(21)22/h4-5,18-19H,3H2,1-2H3/b11-8-. The molecule has 0 fully saturated rings. The van der Waals surface area contributed by atoms with Crippen LogP contribution in [-0.2, 0) is 4.79 Å². The van der Waals surface area contributed by atoms with Gasteiger partial charge in [-0.1, -0.05) is 0 Å². The van der Waals surface area contributed by atoms with Crippen molar-refractivity contribution < 1.29 is 24.3 Å². The van der Waals surface area contributed by atoms with Gasteiger partial charge in [-0.25, -0.2) is 4.39 Å². The average molecular weight is 309 g/mol. The molecule has 0 saturated heterocycles. The van der Waals surface area contributed by atoms with Gasteiger partial charge in [-0.2, -0.15) is 5.26 Å². The summed E-state index contributed by atoms with van der Waals surface area (Å²) in [5, 5.41) is 38.9. The Labute approximate surface area is 124 Å². The van der Waals surface area contributed by atoms with Gasteiger partial charge in [-0.3, -0.25) is 14.9 Å². The molecule has 0 heterocycles. The number of halogens is 1. The highest BCUT2D eigenvalue weighted by molar-refractivity contribution is 6.03. The third-order valence-corrected chi connectivity index (χ3v) is 2.90. The van der Waals surface area contributed by atoms with Crippen LogP contribution in [0.15, 0.2) is 17.7 Å². The maximum Gasteiger partial charge on any atom is 0.314 e. The maximum atomic E-state index is 13.5. The number of aliphatic hydroxyl groups excluding tert-OH is 1. The van der Waals surface area contributed by atoms with E-state index in [2.05, 4.69) is 0 Å². The van der Waals surface area contributed by atoms with Crippen molar-refractivity contribution in [1.82, 2.24) is 4.90 Å². The van der Waals surface area contributed by atoms with Crippen LogP contribution >= 0.6 is 0 Å². The lowest BCUT2D eigenvalue weighted by Crippen LogP contribution is -2.28. The van der Waals surface area contributed by atoms with Crippen LogP contribution in [0.4, 0.5) is 10.1 Å². The molecule has 0 spiro atoms. The number of amides is 1. The van der Waals surface area contributed by atoms with Gasteiger partial charge in [0.1, 0.15) is 11.8 Å². The number of benzene rings is 1. The van der Waals surface area contributed by atoms with E-state index >= 15 is 0 Å². The molecule has 0 atom stereocenters. The van der Waals surface area contributed by atoms with E-state index in [4.69, 9.17) is 5.26 Å². The minimum Gasteiger partial charge on any atom is -0.506 e. The first-order chi connectivity index (χ1) is 10.2. The van der Waals surface area contributed by atoms with Gasteiger partial charge in [0, 0.05) is 25.2 Å². The first kappa shape index (κ1) is 16.9. The lowest BCUT2D eigenvalue weighted by atomic mass is 10.1. The predicted molar refractivity (Wildman–Crippen MR) is 73.2 cm³/mol. The van der Waals surface area contributed by atoms with Crippen LogP contribution in [0.1, 0.15) is 12.5 Å². The van der Waals surface area contributed by atoms with Crippen molar-refractivity contribution in [1.29, 1.82) is 5.26 Å². The van der Waals surface area contributed by atoms with Gasteiger partial charge in [0.2, 0.25) is 5.75 Å². The number of rotatable bonds is 4.